The Morgan fingerprint density at radius 3 is 2.80 bits per heavy atom. The highest BCUT2D eigenvalue weighted by atomic mass is 32.1. The normalized spacial score (nSPS) is 12.8. The summed E-state index contributed by atoms with van der Waals surface area (Å²) in [6.07, 6.45) is 3.91. The third-order valence-corrected chi connectivity index (χ3v) is 4.73. The van der Waals surface area contributed by atoms with Crippen molar-refractivity contribution in [1.82, 2.24) is 20.4 Å². The fraction of sp³-hybridized carbons (Fsp3) is 0.263. The molecule has 3 rings (SSSR count). The molecule has 0 bridgehead atoms. The van der Waals surface area contributed by atoms with Crippen LogP contribution in [0.3, 0.4) is 0 Å². The number of aromatic nitrogens is 2. The summed E-state index contributed by atoms with van der Waals surface area (Å²) in [7, 11) is 1.79. The van der Waals surface area contributed by atoms with Gasteiger partial charge < -0.3 is 10.6 Å². The van der Waals surface area contributed by atoms with Crippen LogP contribution in [0.5, 0.6) is 0 Å². The molecule has 1 atom stereocenters. The topological polar surface area (TPSA) is 54.2 Å². The summed E-state index contributed by atoms with van der Waals surface area (Å²) in [5.74, 6) is 1.25. The zero-order valence-corrected chi connectivity index (χ0v) is 15.3. The lowest BCUT2D eigenvalue weighted by molar-refractivity contribution is 0.701. The molecule has 2 heterocycles. The van der Waals surface area contributed by atoms with Crippen LogP contribution in [0.4, 0.5) is 0 Å². The fourth-order valence-electron chi connectivity index (χ4n) is 2.50. The summed E-state index contributed by atoms with van der Waals surface area (Å²) in [5.41, 5.74) is 3.52. The highest BCUT2D eigenvalue weighted by Crippen LogP contribution is 2.17. The van der Waals surface area contributed by atoms with Gasteiger partial charge in [0.05, 0.1) is 11.9 Å². The van der Waals surface area contributed by atoms with Gasteiger partial charge in [-0.2, -0.15) is 16.4 Å². The average Bonchev–Trinajstić information content (AvgIpc) is 3.34. The van der Waals surface area contributed by atoms with Gasteiger partial charge in [-0.25, -0.2) is 4.68 Å². The quantitative estimate of drug-likeness (QED) is 0.527. The summed E-state index contributed by atoms with van der Waals surface area (Å²) in [6, 6.07) is 12.3. The molecular weight excluding hydrogens is 330 g/mol. The van der Waals surface area contributed by atoms with Crippen LogP contribution in [-0.4, -0.2) is 29.3 Å². The van der Waals surface area contributed by atoms with E-state index >= 15 is 0 Å². The highest BCUT2D eigenvalue weighted by Gasteiger charge is 2.07. The average molecular weight is 353 g/mol. The first-order valence-electron chi connectivity index (χ1n) is 8.32. The van der Waals surface area contributed by atoms with Crippen molar-refractivity contribution < 1.29 is 0 Å². The van der Waals surface area contributed by atoms with Gasteiger partial charge in [0.2, 0.25) is 0 Å². The van der Waals surface area contributed by atoms with Crippen LogP contribution in [0.25, 0.3) is 5.69 Å². The molecule has 0 saturated carbocycles. The zero-order valence-electron chi connectivity index (χ0n) is 14.5. The van der Waals surface area contributed by atoms with E-state index in [1.165, 1.54) is 5.56 Å². The minimum Gasteiger partial charge on any atom is -0.356 e. The maximum Gasteiger partial charge on any atom is 0.191 e. The van der Waals surface area contributed by atoms with Gasteiger partial charge >= 0.3 is 0 Å². The smallest absolute Gasteiger partial charge is 0.191 e. The molecule has 6 heteroatoms. The number of guanidine groups is 1. The van der Waals surface area contributed by atoms with Gasteiger partial charge in [0, 0.05) is 31.9 Å². The first kappa shape index (κ1) is 17.2. The summed E-state index contributed by atoms with van der Waals surface area (Å²) >= 11 is 1.73. The molecule has 130 valence electrons. The molecule has 0 fully saturated rings. The molecule has 2 N–H and O–H groups in total. The van der Waals surface area contributed by atoms with Crippen molar-refractivity contribution in [2.45, 2.75) is 19.4 Å². The van der Waals surface area contributed by atoms with Crippen molar-refractivity contribution in [3.05, 3.63) is 70.7 Å². The SMILES string of the molecule is CN=C(NCc1cnn(-c2ccccc2)c1)NCC(C)c1ccsc1. The molecule has 2 aromatic heterocycles. The minimum absolute atomic E-state index is 0.450. The maximum atomic E-state index is 4.42. The molecule has 0 amide bonds. The van der Waals surface area contributed by atoms with Crippen LogP contribution in [0.15, 0.2) is 64.5 Å². The lowest BCUT2D eigenvalue weighted by atomic mass is 10.1. The van der Waals surface area contributed by atoms with Gasteiger partial charge in [0.25, 0.3) is 0 Å². The number of hydrogen-bond donors (Lipinski definition) is 2. The van der Waals surface area contributed by atoms with E-state index in [9.17, 15) is 0 Å². The number of aliphatic imine (C=N–C) groups is 1. The van der Waals surface area contributed by atoms with Crippen LogP contribution in [0, 0.1) is 0 Å². The third-order valence-electron chi connectivity index (χ3n) is 4.03. The Morgan fingerprint density at radius 1 is 1.24 bits per heavy atom. The number of thiophene rings is 1. The lowest BCUT2D eigenvalue weighted by Gasteiger charge is -2.15. The van der Waals surface area contributed by atoms with E-state index in [0.717, 1.165) is 23.8 Å². The number of benzene rings is 1. The molecule has 3 aromatic rings. The van der Waals surface area contributed by atoms with Crippen molar-refractivity contribution in [1.29, 1.82) is 0 Å². The number of nitrogens with one attached hydrogen (secondary N) is 2. The van der Waals surface area contributed by atoms with Crippen molar-refractivity contribution >= 4 is 17.3 Å². The molecule has 25 heavy (non-hydrogen) atoms. The Kier molecular flexibility index (Phi) is 5.85. The molecule has 0 aliphatic carbocycles. The van der Waals surface area contributed by atoms with Gasteiger partial charge in [0.1, 0.15) is 0 Å². The first-order chi connectivity index (χ1) is 12.3. The van der Waals surface area contributed by atoms with Gasteiger partial charge in [-0.1, -0.05) is 25.1 Å². The van der Waals surface area contributed by atoms with E-state index in [4.69, 9.17) is 0 Å². The Balaban J connectivity index is 1.51. The second kappa shape index (κ2) is 8.48. The molecule has 1 aromatic carbocycles. The Bertz CT molecular complexity index is 792. The van der Waals surface area contributed by atoms with E-state index in [-0.39, 0.29) is 0 Å². The van der Waals surface area contributed by atoms with E-state index in [1.807, 2.05) is 47.4 Å². The van der Waals surface area contributed by atoms with Gasteiger partial charge in [0.15, 0.2) is 5.96 Å². The van der Waals surface area contributed by atoms with Crippen LogP contribution in [0.2, 0.25) is 0 Å². The number of hydrogen-bond acceptors (Lipinski definition) is 3. The van der Waals surface area contributed by atoms with E-state index < -0.39 is 0 Å². The second-order valence-electron chi connectivity index (χ2n) is 5.89. The number of rotatable bonds is 6. The summed E-state index contributed by atoms with van der Waals surface area (Å²) < 4.78 is 1.88. The molecule has 0 saturated heterocycles. The zero-order chi connectivity index (χ0) is 17.5. The highest BCUT2D eigenvalue weighted by molar-refractivity contribution is 7.07. The van der Waals surface area contributed by atoms with Gasteiger partial charge in [-0.15, -0.1) is 0 Å². The van der Waals surface area contributed by atoms with E-state index in [1.54, 1.807) is 18.4 Å². The summed E-state index contributed by atoms with van der Waals surface area (Å²) in [4.78, 5) is 4.29. The molecule has 5 nitrogen and oxygen atoms in total. The molecule has 1 unspecified atom stereocenters. The first-order valence-corrected chi connectivity index (χ1v) is 9.26. The molecule has 0 radical (unpaired) electrons. The lowest BCUT2D eigenvalue weighted by Crippen LogP contribution is -2.38. The van der Waals surface area contributed by atoms with Crippen LogP contribution in [-0.2, 0) is 6.54 Å². The fourth-order valence-corrected chi connectivity index (χ4v) is 3.29. The Labute approximate surface area is 152 Å². The molecule has 0 aliphatic heterocycles. The molecule has 0 aliphatic rings. The standard InChI is InChI=1S/C19H23N5S/c1-15(17-8-9-25-14-17)10-21-19(20-2)22-11-16-12-23-24(13-16)18-6-4-3-5-7-18/h3-9,12-15H,10-11H2,1-2H3,(H2,20,21,22). The summed E-state index contributed by atoms with van der Waals surface area (Å²) in [5, 5.41) is 15.4. The van der Waals surface area contributed by atoms with Crippen molar-refractivity contribution in [2.24, 2.45) is 4.99 Å². The number of para-hydroxylation sites is 1. The Hall–Kier alpha value is -2.60. The van der Waals surface area contributed by atoms with Gasteiger partial charge in [-0.3, -0.25) is 4.99 Å². The third kappa shape index (κ3) is 4.70. The molecular formula is C19H23N5S. The predicted molar refractivity (Wildman–Crippen MR) is 104 cm³/mol. The van der Waals surface area contributed by atoms with E-state index in [2.05, 4.69) is 44.5 Å². The van der Waals surface area contributed by atoms with Crippen LogP contribution < -0.4 is 10.6 Å². The largest absolute Gasteiger partial charge is 0.356 e. The van der Waals surface area contributed by atoms with E-state index in [0.29, 0.717) is 12.5 Å². The second-order valence-corrected chi connectivity index (χ2v) is 6.67. The van der Waals surface area contributed by atoms with Crippen LogP contribution in [0.1, 0.15) is 24.0 Å². The minimum atomic E-state index is 0.450. The van der Waals surface area contributed by atoms with Gasteiger partial charge in [-0.05, 0) is 40.4 Å². The van der Waals surface area contributed by atoms with Crippen molar-refractivity contribution in [2.75, 3.05) is 13.6 Å². The van der Waals surface area contributed by atoms with Crippen LogP contribution >= 0.6 is 11.3 Å². The monoisotopic (exact) mass is 353 g/mol. The maximum absolute atomic E-state index is 4.42. The van der Waals surface area contributed by atoms with Crippen molar-refractivity contribution in [3.8, 4) is 5.69 Å². The Morgan fingerprint density at radius 2 is 2.08 bits per heavy atom. The van der Waals surface area contributed by atoms with Crippen molar-refractivity contribution in [3.63, 3.8) is 0 Å². The predicted octanol–water partition coefficient (Wildman–Crippen LogP) is 3.40. The molecule has 0 spiro atoms. The summed E-state index contributed by atoms with van der Waals surface area (Å²) in [6.45, 7) is 3.74. The number of nitrogens with zero attached hydrogens (tertiary/aromatic N) is 3.